The fourth-order valence-corrected chi connectivity index (χ4v) is 5.61. The smallest absolute Gasteiger partial charge is 0.336 e. The Labute approximate surface area is 222 Å². The number of carbonyl (C=O) groups is 1. The van der Waals surface area contributed by atoms with Crippen LogP contribution in [-0.2, 0) is 22.5 Å². The maximum Gasteiger partial charge on any atom is 0.336 e. The van der Waals surface area contributed by atoms with Gasteiger partial charge in [0.15, 0.2) is 5.54 Å². The van der Waals surface area contributed by atoms with Gasteiger partial charge in [-0.25, -0.2) is 9.79 Å². The van der Waals surface area contributed by atoms with Crippen LogP contribution in [0.2, 0.25) is 0 Å². The Morgan fingerprint density at radius 2 is 1.50 bits per heavy atom. The molecule has 1 aliphatic heterocycles. The second-order valence-electron chi connectivity index (χ2n) is 9.70. The van der Waals surface area contributed by atoms with Crippen LogP contribution in [0, 0.1) is 0 Å². The minimum absolute atomic E-state index is 0.353. The van der Waals surface area contributed by atoms with E-state index in [-0.39, 0.29) is 12.0 Å². The van der Waals surface area contributed by atoms with Crippen LogP contribution in [0.5, 0.6) is 0 Å². The van der Waals surface area contributed by atoms with Gasteiger partial charge >= 0.3 is 5.97 Å². The van der Waals surface area contributed by atoms with Crippen molar-refractivity contribution in [2.75, 3.05) is 7.11 Å². The van der Waals surface area contributed by atoms with E-state index >= 15 is 0 Å². The standard InChI is InChI=1S/C33H29N3O2/c1-38-32(37)33(22-28-21-27-19-11-12-20-29(27)34-28)30(25-15-7-3-8-16-25)36(23-24-13-5-2-6-14-24)31(35-33)26-17-9-4-10-18-26/h2-21,30,34H,22-23H2,1H3/t30-,33-/m1/s1. The molecule has 5 aromatic rings. The van der Waals surface area contributed by atoms with Crippen molar-refractivity contribution in [1.82, 2.24) is 9.88 Å². The molecular weight excluding hydrogens is 470 g/mol. The third kappa shape index (κ3) is 4.26. The lowest BCUT2D eigenvalue weighted by Gasteiger charge is -2.36. The number of amidine groups is 1. The van der Waals surface area contributed by atoms with Gasteiger partial charge in [0.1, 0.15) is 5.84 Å². The van der Waals surface area contributed by atoms with E-state index in [1.54, 1.807) is 0 Å². The molecule has 5 heteroatoms. The molecule has 2 atom stereocenters. The molecule has 0 fully saturated rings. The average molecular weight is 500 g/mol. The van der Waals surface area contributed by atoms with Crippen LogP contribution in [0.3, 0.4) is 0 Å². The highest BCUT2D eigenvalue weighted by Gasteiger charge is 2.56. The number of para-hydroxylation sites is 1. The van der Waals surface area contributed by atoms with E-state index in [2.05, 4.69) is 58.4 Å². The van der Waals surface area contributed by atoms with Gasteiger partial charge in [0.05, 0.1) is 13.2 Å². The number of fused-ring (bicyclic) bond motifs is 1. The second-order valence-corrected chi connectivity index (χ2v) is 9.70. The predicted molar refractivity (Wildman–Crippen MR) is 151 cm³/mol. The van der Waals surface area contributed by atoms with Crippen LogP contribution < -0.4 is 0 Å². The molecule has 2 heterocycles. The Morgan fingerprint density at radius 3 is 2.18 bits per heavy atom. The lowest BCUT2D eigenvalue weighted by Crippen LogP contribution is -2.48. The Kier molecular flexibility index (Phi) is 6.26. The van der Waals surface area contributed by atoms with Gasteiger partial charge in [0, 0.05) is 29.7 Å². The SMILES string of the molecule is COC(=O)[C@]1(Cc2cc3ccccc3[nH]2)N=C(c2ccccc2)N(Cc2ccccc2)[C@@H]1c1ccccc1. The topological polar surface area (TPSA) is 57.7 Å². The number of H-pyrrole nitrogens is 1. The van der Waals surface area contributed by atoms with E-state index in [4.69, 9.17) is 9.73 Å². The number of hydrogen-bond donors (Lipinski definition) is 1. The maximum atomic E-state index is 13.9. The van der Waals surface area contributed by atoms with Crippen molar-refractivity contribution in [2.24, 2.45) is 4.99 Å². The Balaban J connectivity index is 1.57. The zero-order valence-electron chi connectivity index (χ0n) is 21.2. The molecule has 0 radical (unpaired) electrons. The van der Waals surface area contributed by atoms with Crippen molar-refractivity contribution < 1.29 is 9.53 Å². The number of aromatic amines is 1. The first-order valence-electron chi connectivity index (χ1n) is 12.8. The van der Waals surface area contributed by atoms with Crippen molar-refractivity contribution in [3.05, 3.63) is 144 Å². The number of ether oxygens (including phenoxy) is 1. The number of aliphatic imine (C=N–C) groups is 1. The molecule has 0 bridgehead atoms. The van der Waals surface area contributed by atoms with Crippen LogP contribution >= 0.6 is 0 Å². The summed E-state index contributed by atoms with van der Waals surface area (Å²) in [6.07, 6.45) is 0.371. The van der Waals surface area contributed by atoms with Crippen molar-refractivity contribution in [3.8, 4) is 0 Å². The van der Waals surface area contributed by atoms with Crippen molar-refractivity contribution in [2.45, 2.75) is 24.5 Å². The lowest BCUT2D eigenvalue weighted by atomic mass is 9.81. The number of aromatic nitrogens is 1. The van der Waals surface area contributed by atoms with Crippen molar-refractivity contribution >= 4 is 22.7 Å². The quantitative estimate of drug-likeness (QED) is 0.266. The van der Waals surface area contributed by atoms with Crippen LogP contribution in [-0.4, -0.2) is 34.3 Å². The van der Waals surface area contributed by atoms with Crippen LogP contribution in [0.25, 0.3) is 10.9 Å². The van der Waals surface area contributed by atoms with Crippen LogP contribution in [0.1, 0.15) is 28.4 Å². The van der Waals surface area contributed by atoms with Gasteiger partial charge in [-0.1, -0.05) is 109 Å². The van der Waals surface area contributed by atoms with E-state index < -0.39 is 5.54 Å². The molecule has 0 amide bonds. The lowest BCUT2D eigenvalue weighted by molar-refractivity contribution is -0.148. The summed E-state index contributed by atoms with van der Waals surface area (Å²) in [5.41, 5.74) is 3.90. The Hall–Kier alpha value is -4.64. The molecule has 0 unspecified atom stereocenters. The number of esters is 1. The third-order valence-electron chi connectivity index (χ3n) is 7.27. The second kappa shape index (κ2) is 10.0. The molecule has 0 spiro atoms. The summed E-state index contributed by atoms with van der Waals surface area (Å²) in [6, 6.07) is 40.5. The van der Waals surface area contributed by atoms with Gasteiger partial charge in [-0.05, 0) is 28.6 Å². The highest BCUT2D eigenvalue weighted by Crippen LogP contribution is 2.45. The summed E-state index contributed by atoms with van der Waals surface area (Å²) >= 11 is 0. The first kappa shape index (κ1) is 23.7. The van der Waals surface area contributed by atoms with E-state index in [1.165, 1.54) is 7.11 Å². The van der Waals surface area contributed by atoms with Gasteiger partial charge in [-0.2, -0.15) is 0 Å². The number of hydrogen-bond acceptors (Lipinski definition) is 4. The molecule has 38 heavy (non-hydrogen) atoms. The van der Waals surface area contributed by atoms with Crippen molar-refractivity contribution in [3.63, 3.8) is 0 Å². The summed E-state index contributed by atoms with van der Waals surface area (Å²) in [6.45, 7) is 0.597. The molecule has 0 saturated carbocycles. The number of carbonyl (C=O) groups excluding carboxylic acids is 1. The highest BCUT2D eigenvalue weighted by molar-refractivity contribution is 6.04. The van der Waals surface area contributed by atoms with Gasteiger partial charge in [-0.15, -0.1) is 0 Å². The Morgan fingerprint density at radius 1 is 0.868 bits per heavy atom. The monoisotopic (exact) mass is 499 g/mol. The molecule has 188 valence electrons. The largest absolute Gasteiger partial charge is 0.467 e. The summed E-state index contributed by atoms with van der Waals surface area (Å²) < 4.78 is 5.53. The normalized spacial score (nSPS) is 18.9. The Bertz CT molecular complexity index is 1550. The van der Waals surface area contributed by atoms with Crippen LogP contribution in [0.4, 0.5) is 0 Å². The van der Waals surface area contributed by atoms with Crippen LogP contribution in [0.15, 0.2) is 126 Å². The maximum absolute atomic E-state index is 13.9. The van der Waals surface area contributed by atoms with Gasteiger partial charge in [0.25, 0.3) is 0 Å². The van der Waals surface area contributed by atoms with E-state index in [0.717, 1.165) is 39.1 Å². The predicted octanol–water partition coefficient (Wildman–Crippen LogP) is 6.33. The molecule has 1 N–H and O–H groups in total. The molecule has 1 aromatic heterocycles. The summed E-state index contributed by atoms with van der Waals surface area (Å²) in [5, 5.41) is 1.10. The fraction of sp³-hybridized carbons (Fsp3) is 0.152. The van der Waals surface area contributed by atoms with E-state index in [9.17, 15) is 4.79 Å². The zero-order valence-corrected chi connectivity index (χ0v) is 21.2. The number of benzene rings is 4. The third-order valence-corrected chi connectivity index (χ3v) is 7.27. The first-order chi connectivity index (χ1) is 18.7. The average Bonchev–Trinajstić information content (AvgIpc) is 3.53. The van der Waals surface area contributed by atoms with Gasteiger partial charge < -0.3 is 14.6 Å². The number of methoxy groups -OCH3 is 1. The molecule has 0 saturated heterocycles. The highest BCUT2D eigenvalue weighted by atomic mass is 16.5. The number of rotatable bonds is 7. The number of nitrogens with one attached hydrogen (secondary N) is 1. The molecule has 5 nitrogen and oxygen atoms in total. The molecule has 6 rings (SSSR count). The zero-order chi connectivity index (χ0) is 26.0. The summed E-state index contributed by atoms with van der Waals surface area (Å²) in [5.74, 6) is 0.429. The molecule has 1 aliphatic rings. The molecule has 4 aromatic carbocycles. The van der Waals surface area contributed by atoms with E-state index in [1.807, 2.05) is 72.8 Å². The molecular formula is C33H29N3O2. The summed E-state index contributed by atoms with van der Waals surface area (Å²) in [7, 11) is 1.45. The fourth-order valence-electron chi connectivity index (χ4n) is 5.61. The van der Waals surface area contributed by atoms with E-state index in [0.29, 0.717) is 13.0 Å². The van der Waals surface area contributed by atoms with Gasteiger partial charge in [0.2, 0.25) is 0 Å². The summed E-state index contributed by atoms with van der Waals surface area (Å²) in [4.78, 5) is 25.0. The van der Waals surface area contributed by atoms with Crippen molar-refractivity contribution in [1.29, 1.82) is 0 Å². The first-order valence-corrected chi connectivity index (χ1v) is 12.8. The van der Waals surface area contributed by atoms with Gasteiger partial charge in [-0.3, -0.25) is 0 Å². The molecule has 0 aliphatic carbocycles. The minimum atomic E-state index is -1.20. The number of nitrogens with zero attached hydrogens (tertiary/aromatic N) is 2. The minimum Gasteiger partial charge on any atom is -0.467 e.